The largest absolute Gasteiger partial charge is 0.480 e. The summed E-state index contributed by atoms with van der Waals surface area (Å²) in [5.41, 5.74) is 0.0747. The number of oxime groups is 1. The highest BCUT2D eigenvalue weighted by Gasteiger charge is 2.48. The van der Waals surface area contributed by atoms with Crippen LogP contribution in [0.25, 0.3) is 11.4 Å². The molecule has 0 unspecified atom stereocenters. The number of aliphatic carboxylic acids is 2. The molecule has 1 aromatic carbocycles. The lowest BCUT2D eigenvalue weighted by Gasteiger charge is -2.36. The van der Waals surface area contributed by atoms with Gasteiger partial charge >= 0.3 is 11.9 Å². The predicted octanol–water partition coefficient (Wildman–Crippen LogP) is 2.63. The smallest absolute Gasteiger partial charge is 0.321 e. The number of rotatable bonds is 9. The van der Waals surface area contributed by atoms with E-state index in [1.54, 1.807) is 18.4 Å². The van der Waals surface area contributed by atoms with Crippen LogP contribution in [0, 0.1) is 5.41 Å². The zero-order chi connectivity index (χ0) is 23.3. The van der Waals surface area contributed by atoms with Crippen molar-refractivity contribution in [3.63, 3.8) is 0 Å². The van der Waals surface area contributed by atoms with Crippen LogP contribution in [0.1, 0.15) is 30.1 Å². The van der Waals surface area contributed by atoms with Crippen molar-refractivity contribution < 1.29 is 33.6 Å². The van der Waals surface area contributed by atoms with Crippen molar-refractivity contribution in [2.75, 3.05) is 13.1 Å². The molecule has 11 heteroatoms. The first kappa shape index (κ1) is 22.2. The summed E-state index contributed by atoms with van der Waals surface area (Å²) in [6.45, 7) is 1.58. The number of likely N-dealkylation sites (tertiary alicyclic amines) is 1. The number of furan rings is 1. The first-order valence-electron chi connectivity index (χ1n) is 10.3. The Morgan fingerprint density at radius 1 is 1.15 bits per heavy atom. The molecule has 0 amide bonds. The Morgan fingerprint density at radius 3 is 2.52 bits per heavy atom. The van der Waals surface area contributed by atoms with Crippen LogP contribution in [0.5, 0.6) is 0 Å². The fraction of sp³-hybridized carbons (Fsp3) is 0.318. The van der Waals surface area contributed by atoms with Crippen molar-refractivity contribution >= 4 is 18.2 Å². The second kappa shape index (κ2) is 9.65. The third kappa shape index (κ3) is 5.09. The maximum Gasteiger partial charge on any atom is 0.321 e. The second-order valence-corrected chi connectivity index (χ2v) is 7.71. The van der Waals surface area contributed by atoms with E-state index in [9.17, 15) is 19.8 Å². The molecule has 1 fully saturated rings. The molecule has 0 bridgehead atoms. The fourth-order valence-corrected chi connectivity index (χ4v) is 3.61. The first-order valence-corrected chi connectivity index (χ1v) is 10.3. The van der Waals surface area contributed by atoms with Crippen molar-refractivity contribution in [3.8, 4) is 11.4 Å². The maximum atomic E-state index is 11.4. The van der Waals surface area contributed by atoms with Gasteiger partial charge in [-0.1, -0.05) is 34.6 Å². The van der Waals surface area contributed by atoms with Crippen LogP contribution in [0.3, 0.4) is 0 Å². The molecule has 2 N–H and O–H groups in total. The molecule has 3 heterocycles. The molecule has 11 nitrogen and oxygen atoms in total. The topological polar surface area (TPSA) is 151 Å². The number of carboxylic acid groups (broad SMARTS) is 2. The molecule has 172 valence electrons. The summed E-state index contributed by atoms with van der Waals surface area (Å²) < 4.78 is 10.3. The predicted molar refractivity (Wildman–Crippen MR) is 113 cm³/mol. The van der Waals surface area contributed by atoms with E-state index < -0.39 is 17.4 Å². The van der Waals surface area contributed by atoms with Crippen molar-refractivity contribution in [2.45, 2.75) is 26.0 Å². The second-order valence-electron chi connectivity index (χ2n) is 7.71. The standard InChI is InChI=1S/C22H22N4O7/c27-20(28)22(21(29)30)7-9-26(10-8-22)13-15-3-5-16(6-4-15)19-24-18(33-25-19)12-23-32-14-17-2-1-11-31-17/h1-6,11-12H,7-10,13-14H2,(H,27,28)(H,29,30). The molecule has 2 aromatic heterocycles. The maximum absolute atomic E-state index is 11.4. The summed E-state index contributed by atoms with van der Waals surface area (Å²) in [6, 6.07) is 11.1. The van der Waals surface area contributed by atoms with Crippen LogP contribution in [-0.2, 0) is 27.6 Å². The van der Waals surface area contributed by atoms with E-state index in [4.69, 9.17) is 13.8 Å². The average molecular weight is 454 g/mol. The van der Waals surface area contributed by atoms with E-state index in [0.717, 1.165) is 11.1 Å². The molecule has 0 atom stereocenters. The summed E-state index contributed by atoms with van der Waals surface area (Å²) in [4.78, 5) is 34.3. The van der Waals surface area contributed by atoms with E-state index in [-0.39, 0.29) is 25.3 Å². The third-order valence-electron chi connectivity index (χ3n) is 5.61. The zero-order valence-electron chi connectivity index (χ0n) is 17.6. The zero-order valence-corrected chi connectivity index (χ0v) is 17.6. The number of hydrogen-bond donors (Lipinski definition) is 2. The molecule has 1 aliphatic rings. The van der Waals surface area contributed by atoms with Gasteiger partial charge in [0.1, 0.15) is 12.0 Å². The number of carbonyl (C=O) groups is 2. The molecule has 4 rings (SSSR count). The lowest BCUT2D eigenvalue weighted by molar-refractivity contribution is -0.168. The van der Waals surface area contributed by atoms with Gasteiger partial charge in [-0.3, -0.25) is 14.5 Å². The highest BCUT2D eigenvalue weighted by Crippen LogP contribution is 2.33. The number of piperidine rings is 1. The Bertz CT molecular complexity index is 1100. The molecular weight excluding hydrogens is 432 g/mol. The van der Waals surface area contributed by atoms with Crippen molar-refractivity contribution in [2.24, 2.45) is 10.6 Å². The molecule has 0 aliphatic carbocycles. The normalized spacial score (nSPS) is 16.1. The average Bonchev–Trinajstić information content (AvgIpc) is 3.50. The minimum absolute atomic E-state index is 0.0775. The van der Waals surface area contributed by atoms with Crippen LogP contribution in [-0.4, -0.2) is 56.5 Å². The van der Waals surface area contributed by atoms with Gasteiger partial charge in [0.05, 0.1) is 6.26 Å². The van der Waals surface area contributed by atoms with Crippen LogP contribution in [0.2, 0.25) is 0 Å². The summed E-state index contributed by atoms with van der Waals surface area (Å²) in [5.74, 6) is -1.30. The molecule has 3 aromatic rings. The quantitative estimate of drug-likeness (QED) is 0.280. The summed E-state index contributed by atoms with van der Waals surface area (Å²) in [7, 11) is 0. The van der Waals surface area contributed by atoms with Crippen molar-refractivity contribution in [3.05, 3.63) is 59.9 Å². The van der Waals surface area contributed by atoms with Gasteiger partial charge in [0.15, 0.2) is 12.0 Å². The van der Waals surface area contributed by atoms with Crippen LogP contribution in [0.15, 0.2) is 56.8 Å². The number of benzene rings is 1. The molecule has 33 heavy (non-hydrogen) atoms. The van der Waals surface area contributed by atoms with Gasteiger partial charge in [-0.25, -0.2) is 0 Å². The van der Waals surface area contributed by atoms with E-state index in [2.05, 4.69) is 15.3 Å². The molecule has 0 spiro atoms. The van der Waals surface area contributed by atoms with Crippen LogP contribution >= 0.6 is 0 Å². The van der Waals surface area contributed by atoms with Gasteiger partial charge in [0.2, 0.25) is 5.82 Å². The van der Waals surface area contributed by atoms with Crippen molar-refractivity contribution in [1.82, 2.24) is 15.0 Å². The molecular formula is C22H22N4O7. The summed E-state index contributed by atoms with van der Waals surface area (Å²) >= 11 is 0. The Labute approximate surface area is 188 Å². The molecule has 1 aliphatic heterocycles. The number of nitrogens with zero attached hydrogens (tertiary/aromatic N) is 4. The van der Waals surface area contributed by atoms with Gasteiger partial charge in [0.25, 0.3) is 5.89 Å². The van der Waals surface area contributed by atoms with Gasteiger partial charge in [0, 0.05) is 25.2 Å². The molecule has 1 saturated heterocycles. The van der Waals surface area contributed by atoms with Crippen molar-refractivity contribution in [1.29, 1.82) is 0 Å². The highest BCUT2D eigenvalue weighted by molar-refractivity contribution is 5.98. The summed E-state index contributed by atoms with van der Waals surface area (Å²) in [6.07, 6.45) is 3.02. The highest BCUT2D eigenvalue weighted by atomic mass is 16.6. The van der Waals surface area contributed by atoms with Gasteiger partial charge in [-0.15, -0.1) is 0 Å². The SMILES string of the molecule is O=C(O)C1(C(=O)O)CCN(Cc2ccc(-c3noc(C=NOCc4ccco4)n3)cc2)CC1. The first-order chi connectivity index (χ1) is 16.0. The minimum Gasteiger partial charge on any atom is -0.480 e. The van der Waals surface area contributed by atoms with E-state index >= 15 is 0 Å². The minimum atomic E-state index is -1.69. The fourth-order valence-electron chi connectivity index (χ4n) is 3.61. The van der Waals surface area contributed by atoms with E-state index in [1.165, 1.54) is 6.21 Å². The van der Waals surface area contributed by atoms with Crippen LogP contribution < -0.4 is 0 Å². The van der Waals surface area contributed by atoms with Gasteiger partial charge in [-0.05, 0) is 30.5 Å². The number of carboxylic acids is 2. The molecule has 0 radical (unpaired) electrons. The Morgan fingerprint density at radius 2 is 1.88 bits per heavy atom. The van der Waals surface area contributed by atoms with E-state index in [1.807, 2.05) is 29.2 Å². The number of hydrogen-bond acceptors (Lipinski definition) is 9. The number of aromatic nitrogens is 2. The lowest BCUT2D eigenvalue weighted by atomic mass is 9.78. The lowest BCUT2D eigenvalue weighted by Crippen LogP contribution is -2.48. The Balaban J connectivity index is 1.30. The Kier molecular flexibility index (Phi) is 6.50. The monoisotopic (exact) mass is 454 g/mol. The molecule has 0 saturated carbocycles. The van der Waals surface area contributed by atoms with E-state index in [0.29, 0.717) is 31.2 Å². The van der Waals surface area contributed by atoms with Gasteiger partial charge < -0.3 is 24.0 Å². The Hall–Kier alpha value is -3.99. The van der Waals surface area contributed by atoms with Gasteiger partial charge in [-0.2, -0.15) is 4.98 Å². The summed E-state index contributed by atoms with van der Waals surface area (Å²) in [5, 5.41) is 26.4. The third-order valence-corrected chi connectivity index (χ3v) is 5.61. The van der Waals surface area contributed by atoms with Crippen LogP contribution in [0.4, 0.5) is 0 Å².